The van der Waals surface area contributed by atoms with E-state index in [4.69, 9.17) is 11.6 Å². The minimum atomic E-state index is -3.18. The number of benzene rings is 1. The minimum Gasteiger partial charge on any atom is -0.384 e. The lowest BCUT2D eigenvalue weighted by molar-refractivity contribution is 0.593. The topological polar surface area (TPSA) is 46.2 Å². The molecule has 17 heavy (non-hydrogen) atoms. The van der Waals surface area contributed by atoms with Gasteiger partial charge in [-0.2, -0.15) is 0 Å². The van der Waals surface area contributed by atoms with Crippen molar-refractivity contribution in [2.24, 2.45) is 5.92 Å². The van der Waals surface area contributed by atoms with Gasteiger partial charge >= 0.3 is 0 Å². The van der Waals surface area contributed by atoms with Gasteiger partial charge in [-0.25, -0.2) is 8.42 Å². The van der Waals surface area contributed by atoms with Crippen LogP contribution in [0.3, 0.4) is 0 Å². The first-order valence-corrected chi connectivity index (χ1v) is 7.85. The smallest absolute Gasteiger partial charge is 0.175 e. The van der Waals surface area contributed by atoms with Crippen LogP contribution in [0.2, 0.25) is 5.02 Å². The van der Waals surface area contributed by atoms with Gasteiger partial charge in [0.2, 0.25) is 0 Å². The molecule has 1 aromatic rings. The van der Waals surface area contributed by atoms with E-state index < -0.39 is 9.84 Å². The van der Waals surface area contributed by atoms with E-state index in [2.05, 4.69) is 19.2 Å². The Hall–Kier alpha value is -0.740. The molecule has 0 heterocycles. The first-order valence-electron chi connectivity index (χ1n) is 5.58. The average molecular weight is 276 g/mol. The summed E-state index contributed by atoms with van der Waals surface area (Å²) in [4.78, 5) is 0.286. The highest BCUT2D eigenvalue weighted by Crippen LogP contribution is 2.25. The molecule has 0 amide bonds. The summed E-state index contributed by atoms with van der Waals surface area (Å²) in [5.74, 6) is 0.521. The van der Waals surface area contributed by atoms with Gasteiger partial charge in [-0.05, 0) is 24.1 Å². The summed E-state index contributed by atoms with van der Waals surface area (Å²) in [7, 11) is -3.18. The van der Waals surface area contributed by atoms with Gasteiger partial charge < -0.3 is 5.32 Å². The van der Waals surface area contributed by atoms with Crippen molar-refractivity contribution in [3.05, 3.63) is 23.2 Å². The number of hydrogen-bond acceptors (Lipinski definition) is 3. The van der Waals surface area contributed by atoms with Crippen LogP contribution in [0, 0.1) is 5.92 Å². The Balaban J connectivity index is 2.92. The molecule has 0 fully saturated rings. The fourth-order valence-electron chi connectivity index (χ4n) is 1.30. The Morgan fingerprint density at radius 3 is 2.59 bits per heavy atom. The van der Waals surface area contributed by atoms with Gasteiger partial charge in [0.25, 0.3) is 0 Å². The first-order chi connectivity index (χ1) is 7.84. The molecule has 0 spiro atoms. The number of hydrogen-bond donors (Lipinski definition) is 1. The van der Waals surface area contributed by atoms with Gasteiger partial charge in [0.05, 0.1) is 15.6 Å². The van der Waals surface area contributed by atoms with Crippen molar-refractivity contribution in [1.29, 1.82) is 0 Å². The second kappa shape index (κ2) is 5.74. The number of sulfone groups is 1. The largest absolute Gasteiger partial charge is 0.384 e. The molecule has 3 nitrogen and oxygen atoms in total. The molecule has 5 heteroatoms. The molecule has 0 aliphatic rings. The average Bonchev–Trinajstić information content (AvgIpc) is 2.26. The second-order valence-corrected chi connectivity index (χ2v) is 6.73. The van der Waals surface area contributed by atoms with Crippen molar-refractivity contribution < 1.29 is 8.42 Å². The third-order valence-corrected chi connectivity index (χ3v) is 4.14. The predicted octanol–water partition coefficient (Wildman–Crippen LogP) is 3.20. The van der Waals surface area contributed by atoms with Gasteiger partial charge in [-0.15, -0.1) is 0 Å². The molecule has 0 saturated carbocycles. The normalized spacial score (nSPS) is 13.4. The minimum absolute atomic E-state index is 0.286. The maximum atomic E-state index is 11.4. The van der Waals surface area contributed by atoms with Crippen LogP contribution in [0.25, 0.3) is 0 Å². The van der Waals surface area contributed by atoms with E-state index in [0.717, 1.165) is 13.0 Å². The third-order valence-electron chi connectivity index (χ3n) is 2.70. The van der Waals surface area contributed by atoms with Crippen LogP contribution >= 0.6 is 11.6 Å². The van der Waals surface area contributed by atoms with Crippen LogP contribution in [-0.4, -0.2) is 21.2 Å². The SMILES string of the molecule is CCC(C)CNc1cc(S(C)(=O)=O)ccc1Cl. The van der Waals surface area contributed by atoms with Gasteiger partial charge in [0.1, 0.15) is 0 Å². The lowest BCUT2D eigenvalue weighted by atomic mass is 10.1. The Bertz CT molecular complexity index is 485. The van der Waals surface area contributed by atoms with Crippen molar-refractivity contribution in [2.75, 3.05) is 18.1 Å². The molecule has 1 unspecified atom stereocenters. The summed E-state index contributed by atoms with van der Waals surface area (Å²) in [6, 6.07) is 4.71. The molecule has 0 radical (unpaired) electrons. The van der Waals surface area contributed by atoms with Crippen LogP contribution in [0.1, 0.15) is 20.3 Å². The van der Waals surface area contributed by atoms with Crippen molar-refractivity contribution in [3.63, 3.8) is 0 Å². The summed E-state index contributed by atoms with van der Waals surface area (Å²) < 4.78 is 22.8. The third kappa shape index (κ3) is 4.21. The van der Waals surface area contributed by atoms with Crippen LogP contribution in [0.15, 0.2) is 23.1 Å². The fourth-order valence-corrected chi connectivity index (χ4v) is 2.13. The zero-order valence-corrected chi connectivity index (χ0v) is 11.9. The molecule has 1 rings (SSSR count). The second-order valence-electron chi connectivity index (χ2n) is 4.31. The van der Waals surface area contributed by atoms with Crippen molar-refractivity contribution in [1.82, 2.24) is 0 Å². The quantitative estimate of drug-likeness (QED) is 0.898. The van der Waals surface area contributed by atoms with E-state index in [0.29, 0.717) is 16.6 Å². The molecule has 1 aromatic carbocycles. The van der Waals surface area contributed by atoms with Crippen molar-refractivity contribution in [3.8, 4) is 0 Å². The standard InChI is InChI=1S/C12H18ClNO2S/c1-4-9(2)8-14-12-7-10(17(3,15)16)5-6-11(12)13/h5-7,9,14H,4,8H2,1-3H3. The van der Waals surface area contributed by atoms with Gasteiger partial charge in [-0.1, -0.05) is 31.9 Å². The Kier molecular flexibility index (Phi) is 4.83. The molecule has 0 aromatic heterocycles. The molecule has 0 aliphatic carbocycles. The summed E-state index contributed by atoms with van der Waals surface area (Å²) in [5.41, 5.74) is 0.676. The maximum absolute atomic E-state index is 11.4. The van der Waals surface area contributed by atoms with Gasteiger partial charge in [0.15, 0.2) is 9.84 Å². The van der Waals surface area contributed by atoms with E-state index in [1.807, 2.05) is 0 Å². The lowest BCUT2D eigenvalue weighted by Crippen LogP contribution is -2.11. The fraction of sp³-hybridized carbons (Fsp3) is 0.500. The molecule has 0 saturated heterocycles. The summed E-state index contributed by atoms with van der Waals surface area (Å²) in [5, 5.41) is 3.72. The molecule has 0 aliphatic heterocycles. The molecule has 1 atom stereocenters. The predicted molar refractivity (Wildman–Crippen MR) is 72.5 cm³/mol. The van der Waals surface area contributed by atoms with Gasteiger partial charge in [-0.3, -0.25) is 0 Å². The Morgan fingerprint density at radius 1 is 1.41 bits per heavy atom. The Morgan fingerprint density at radius 2 is 2.06 bits per heavy atom. The molecular weight excluding hydrogens is 258 g/mol. The number of anilines is 1. The number of nitrogens with one attached hydrogen (secondary N) is 1. The summed E-state index contributed by atoms with van der Waals surface area (Å²) in [6.45, 7) is 5.02. The summed E-state index contributed by atoms with van der Waals surface area (Å²) in [6.07, 6.45) is 2.26. The highest BCUT2D eigenvalue weighted by molar-refractivity contribution is 7.90. The van der Waals surface area contributed by atoms with E-state index in [-0.39, 0.29) is 4.90 Å². The van der Waals surface area contributed by atoms with E-state index >= 15 is 0 Å². The first kappa shape index (κ1) is 14.3. The van der Waals surface area contributed by atoms with Gasteiger partial charge in [0, 0.05) is 12.8 Å². The zero-order chi connectivity index (χ0) is 13.1. The van der Waals surface area contributed by atoms with Crippen LogP contribution in [0.5, 0.6) is 0 Å². The van der Waals surface area contributed by atoms with E-state index in [1.54, 1.807) is 12.1 Å². The molecule has 0 bridgehead atoms. The molecule has 96 valence electrons. The van der Waals surface area contributed by atoms with E-state index in [9.17, 15) is 8.42 Å². The highest BCUT2D eigenvalue weighted by atomic mass is 35.5. The lowest BCUT2D eigenvalue weighted by Gasteiger charge is -2.13. The highest BCUT2D eigenvalue weighted by Gasteiger charge is 2.10. The van der Waals surface area contributed by atoms with Crippen LogP contribution in [0.4, 0.5) is 5.69 Å². The van der Waals surface area contributed by atoms with Crippen molar-refractivity contribution >= 4 is 27.1 Å². The molecule has 1 N–H and O–H groups in total. The maximum Gasteiger partial charge on any atom is 0.175 e. The summed E-state index contributed by atoms with van der Waals surface area (Å²) >= 11 is 6.02. The Labute approximate surface area is 108 Å². The van der Waals surface area contributed by atoms with Crippen LogP contribution < -0.4 is 5.32 Å². The number of rotatable bonds is 5. The van der Waals surface area contributed by atoms with Crippen molar-refractivity contribution in [2.45, 2.75) is 25.2 Å². The zero-order valence-electron chi connectivity index (χ0n) is 10.3. The van der Waals surface area contributed by atoms with E-state index in [1.165, 1.54) is 12.3 Å². The molecular formula is C12H18ClNO2S. The monoisotopic (exact) mass is 275 g/mol. The number of halogens is 1. The van der Waals surface area contributed by atoms with Crippen LogP contribution in [-0.2, 0) is 9.84 Å².